The Bertz CT molecular complexity index is 569. The molecule has 0 aliphatic carbocycles. The molecule has 2 aromatic rings. The largest absolute Gasteiger partial charge is 0.416 e. The van der Waals surface area contributed by atoms with Crippen molar-refractivity contribution in [3.8, 4) is 0 Å². The van der Waals surface area contributed by atoms with Crippen molar-refractivity contribution < 1.29 is 18.3 Å². The van der Waals surface area contributed by atoms with Gasteiger partial charge in [0, 0.05) is 13.1 Å². The molecule has 5 heteroatoms. The van der Waals surface area contributed by atoms with Crippen molar-refractivity contribution in [2.45, 2.75) is 18.8 Å². The second-order valence-corrected chi connectivity index (χ2v) is 4.76. The Labute approximate surface area is 121 Å². The van der Waals surface area contributed by atoms with E-state index in [2.05, 4.69) is 5.32 Å². The average Bonchev–Trinajstić information content (AvgIpc) is 2.47. The van der Waals surface area contributed by atoms with Crippen molar-refractivity contribution in [2.24, 2.45) is 0 Å². The van der Waals surface area contributed by atoms with E-state index in [0.29, 0.717) is 5.56 Å². The molecule has 0 fully saturated rings. The number of hydrogen-bond acceptors (Lipinski definition) is 2. The number of benzene rings is 2. The first-order valence-corrected chi connectivity index (χ1v) is 6.56. The van der Waals surface area contributed by atoms with Crippen molar-refractivity contribution >= 4 is 0 Å². The third kappa shape index (κ3) is 4.58. The van der Waals surface area contributed by atoms with Gasteiger partial charge in [0.15, 0.2) is 0 Å². The number of alkyl halides is 3. The van der Waals surface area contributed by atoms with Gasteiger partial charge >= 0.3 is 6.18 Å². The molecule has 0 saturated heterocycles. The molecule has 2 aromatic carbocycles. The van der Waals surface area contributed by atoms with E-state index in [1.54, 1.807) is 18.2 Å². The number of halogens is 3. The van der Waals surface area contributed by atoms with E-state index in [1.165, 1.54) is 6.07 Å². The summed E-state index contributed by atoms with van der Waals surface area (Å²) in [5.41, 5.74) is 0.643. The van der Waals surface area contributed by atoms with Gasteiger partial charge in [-0.1, -0.05) is 48.5 Å². The zero-order valence-corrected chi connectivity index (χ0v) is 11.3. The Kier molecular flexibility index (Phi) is 4.98. The summed E-state index contributed by atoms with van der Waals surface area (Å²) < 4.78 is 37.7. The molecule has 0 heterocycles. The predicted octanol–water partition coefficient (Wildman–Crippen LogP) is 3.53. The molecule has 2 nitrogen and oxygen atoms in total. The van der Waals surface area contributed by atoms with E-state index in [-0.39, 0.29) is 13.1 Å². The first-order chi connectivity index (χ1) is 9.97. The van der Waals surface area contributed by atoms with E-state index >= 15 is 0 Å². The van der Waals surface area contributed by atoms with Gasteiger partial charge in [0.25, 0.3) is 0 Å². The Morgan fingerprint density at radius 3 is 2.38 bits per heavy atom. The molecular weight excluding hydrogens is 279 g/mol. The Balaban J connectivity index is 1.89. The van der Waals surface area contributed by atoms with E-state index in [4.69, 9.17) is 0 Å². The van der Waals surface area contributed by atoms with Crippen LogP contribution in [0.15, 0.2) is 54.6 Å². The van der Waals surface area contributed by atoms with Gasteiger partial charge in [-0.05, 0) is 17.2 Å². The Morgan fingerprint density at radius 2 is 1.71 bits per heavy atom. The molecule has 112 valence electrons. The first-order valence-electron chi connectivity index (χ1n) is 6.56. The van der Waals surface area contributed by atoms with Crippen LogP contribution in [0.1, 0.15) is 22.8 Å². The van der Waals surface area contributed by atoms with Crippen LogP contribution in [0, 0.1) is 0 Å². The molecule has 1 unspecified atom stereocenters. The summed E-state index contributed by atoms with van der Waals surface area (Å²) in [6.45, 7) is 0.550. The molecule has 0 spiro atoms. The predicted molar refractivity (Wildman–Crippen MR) is 74.6 cm³/mol. The second-order valence-electron chi connectivity index (χ2n) is 4.76. The van der Waals surface area contributed by atoms with Gasteiger partial charge in [-0.15, -0.1) is 0 Å². The second kappa shape index (κ2) is 6.74. The lowest BCUT2D eigenvalue weighted by Crippen LogP contribution is -2.21. The van der Waals surface area contributed by atoms with E-state index in [1.807, 2.05) is 18.2 Å². The summed E-state index contributed by atoms with van der Waals surface area (Å²) in [6, 6.07) is 14.3. The molecule has 0 bridgehead atoms. The highest BCUT2D eigenvalue weighted by Crippen LogP contribution is 2.29. The molecule has 2 rings (SSSR count). The number of rotatable bonds is 5. The number of nitrogens with one attached hydrogen (secondary N) is 1. The van der Waals surface area contributed by atoms with Crippen LogP contribution >= 0.6 is 0 Å². The Morgan fingerprint density at radius 1 is 1.00 bits per heavy atom. The van der Waals surface area contributed by atoms with Crippen molar-refractivity contribution in [3.63, 3.8) is 0 Å². The van der Waals surface area contributed by atoms with Crippen LogP contribution in [0.4, 0.5) is 13.2 Å². The minimum atomic E-state index is -4.33. The lowest BCUT2D eigenvalue weighted by atomic mass is 10.1. The third-order valence-electron chi connectivity index (χ3n) is 3.11. The van der Waals surface area contributed by atoms with Crippen LogP contribution in [-0.4, -0.2) is 11.7 Å². The monoisotopic (exact) mass is 295 g/mol. The van der Waals surface area contributed by atoms with Gasteiger partial charge in [-0.25, -0.2) is 0 Å². The maximum absolute atomic E-state index is 12.6. The number of aliphatic hydroxyl groups excluding tert-OH is 1. The standard InChI is InChI=1S/C16H16F3NO/c17-16(18,19)14-8-4-5-12(9-14)10-20-11-15(21)13-6-2-1-3-7-13/h1-9,15,20-21H,10-11H2. The maximum atomic E-state index is 12.6. The minimum Gasteiger partial charge on any atom is -0.387 e. The Hall–Kier alpha value is -1.85. The van der Waals surface area contributed by atoms with Crippen LogP contribution in [0.25, 0.3) is 0 Å². The van der Waals surface area contributed by atoms with Crippen LogP contribution in [-0.2, 0) is 12.7 Å². The zero-order valence-electron chi connectivity index (χ0n) is 11.3. The highest BCUT2D eigenvalue weighted by atomic mass is 19.4. The molecule has 0 aliphatic rings. The summed E-state index contributed by atoms with van der Waals surface area (Å²) in [5, 5.41) is 12.9. The highest BCUT2D eigenvalue weighted by Gasteiger charge is 2.30. The van der Waals surface area contributed by atoms with E-state index in [9.17, 15) is 18.3 Å². The molecule has 0 aliphatic heterocycles. The zero-order chi connectivity index (χ0) is 15.3. The molecule has 2 N–H and O–H groups in total. The lowest BCUT2D eigenvalue weighted by molar-refractivity contribution is -0.137. The van der Waals surface area contributed by atoms with Crippen LogP contribution in [0.5, 0.6) is 0 Å². The molecule has 0 amide bonds. The summed E-state index contributed by atoms with van der Waals surface area (Å²) in [6.07, 6.45) is -5.02. The minimum absolute atomic E-state index is 0.272. The number of hydrogen-bond donors (Lipinski definition) is 2. The van der Waals surface area contributed by atoms with Gasteiger partial charge in [-0.2, -0.15) is 13.2 Å². The number of aliphatic hydroxyl groups is 1. The van der Waals surface area contributed by atoms with Crippen LogP contribution in [0.3, 0.4) is 0 Å². The molecule has 0 aromatic heterocycles. The normalized spacial score (nSPS) is 13.1. The summed E-state index contributed by atoms with van der Waals surface area (Å²) >= 11 is 0. The molecular formula is C16H16F3NO. The van der Waals surface area contributed by atoms with E-state index in [0.717, 1.165) is 17.7 Å². The van der Waals surface area contributed by atoms with Crippen LogP contribution in [0.2, 0.25) is 0 Å². The molecule has 21 heavy (non-hydrogen) atoms. The molecule has 0 saturated carbocycles. The molecule has 1 atom stereocenters. The van der Waals surface area contributed by atoms with E-state index < -0.39 is 17.8 Å². The van der Waals surface area contributed by atoms with Crippen molar-refractivity contribution in [1.29, 1.82) is 0 Å². The summed E-state index contributed by atoms with van der Waals surface area (Å²) in [7, 11) is 0. The fourth-order valence-electron chi connectivity index (χ4n) is 2.00. The van der Waals surface area contributed by atoms with Crippen molar-refractivity contribution in [3.05, 3.63) is 71.3 Å². The summed E-state index contributed by atoms with van der Waals surface area (Å²) in [5.74, 6) is 0. The smallest absolute Gasteiger partial charge is 0.387 e. The SMILES string of the molecule is OC(CNCc1cccc(C(F)(F)F)c1)c1ccccc1. The fraction of sp³-hybridized carbons (Fsp3) is 0.250. The quantitative estimate of drug-likeness (QED) is 0.884. The van der Waals surface area contributed by atoms with Crippen LogP contribution < -0.4 is 5.32 Å². The van der Waals surface area contributed by atoms with Gasteiger partial charge in [-0.3, -0.25) is 0 Å². The van der Waals surface area contributed by atoms with Crippen molar-refractivity contribution in [1.82, 2.24) is 5.32 Å². The van der Waals surface area contributed by atoms with Gasteiger partial charge < -0.3 is 10.4 Å². The molecule has 0 radical (unpaired) electrons. The van der Waals surface area contributed by atoms with Gasteiger partial charge in [0.1, 0.15) is 0 Å². The maximum Gasteiger partial charge on any atom is 0.416 e. The lowest BCUT2D eigenvalue weighted by Gasteiger charge is -2.13. The fourth-order valence-corrected chi connectivity index (χ4v) is 2.00. The third-order valence-corrected chi connectivity index (χ3v) is 3.11. The average molecular weight is 295 g/mol. The highest BCUT2D eigenvalue weighted by molar-refractivity contribution is 5.25. The topological polar surface area (TPSA) is 32.3 Å². The van der Waals surface area contributed by atoms with Gasteiger partial charge in [0.05, 0.1) is 11.7 Å². The van der Waals surface area contributed by atoms with Crippen molar-refractivity contribution in [2.75, 3.05) is 6.54 Å². The van der Waals surface area contributed by atoms with Gasteiger partial charge in [0.2, 0.25) is 0 Å². The summed E-state index contributed by atoms with van der Waals surface area (Å²) in [4.78, 5) is 0. The first kappa shape index (κ1) is 15.5.